The van der Waals surface area contributed by atoms with Gasteiger partial charge in [-0.1, -0.05) is 46.8 Å². The number of ether oxygens (including phenoxy) is 2. The minimum absolute atomic E-state index is 0.105. The number of rotatable bonds is 4. The van der Waals surface area contributed by atoms with Crippen LogP contribution < -0.4 is 0 Å². The molecule has 152 valence electrons. The third kappa shape index (κ3) is 2.55. The van der Waals surface area contributed by atoms with Gasteiger partial charge < -0.3 is 9.47 Å². The molecule has 0 spiro atoms. The van der Waals surface area contributed by atoms with Crippen molar-refractivity contribution in [3.8, 4) is 0 Å². The highest BCUT2D eigenvalue weighted by atomic mass is 16.6. The van der Waals surface area contributed by atoms with Crippen LogP contribution in [-0.2, 0) is 19.1 Å². The molecule has 1 aromatic rings. The number of nitro groups is 1. The summed E-state index contributed by atoms with van der Waals surface area (Å²) < 4.78 is 11.5. The normalized spacial score (nSPS) is 29.3. The Morgan fingerprint density at radius 2 is 1.82 bits per heavy atom. The standard InChI is InChI=1S/C21H27NO6/c1-18(2,3)15(13-9-7-8-10-14(13)22(25)26)27-17(24)21-12-11-20(6,16(23)28-21)19(21,4)5/h7-10,15H,11-12H2,1-6H3/t15?,20?,21-/m1/s1. The molecule has 0 aromatic heterocycles. The van der Waals surface area contributed by atoms with Crippen LogP contribution in [0.15, 0.2) is 24.3 Å². The van der Waals surface area contributed by atoms with Gasteiger partial charge in [0.1, 0.15) is 6.10 Å². The molecule has 0 N–H and O–H groups in total. The first-order valence-corrected chi connectivity index (χ1v) is 9.46. The van der Waals surface area contributed by atoms with Crippen LogP contribution in [0.4, 0.5) is 5.69 Å². The van der Waals surface area contributed by atoms with Gasteiger partial charge in [-0.15, -0.1) is 0 Å². The zero-order valence-corrected chi connectivity index (χ0v) is 17.2. The molecule has 7 heteroatoms. The largest absolute Gasteiger partial charge is 0.454 e. The molecule has 2 aliphatic rings. The molecule has 1 saturated heterocycles. The van der Waals surface area contributed by atoms with Crippen molar-refractivity contribution in [1.82, 2.24) is 0 Å². The van der Waals surface area contributed by atoms with Gasteiger partial charge in [0.2, 0.25) is 5.60 Å². The Labute approximate surface area is 164 Å². The van der Waals surface area contributed by atoms with Crippen LogP contribution in [0, 0.1) is 26.4 Å². The summed E-state index contributed by atoms with van der Waals surface area (Å²) in [5, 5.41) is 11.5. The van der Waals surface area contributed by atoms with E-state index in [2.05, 4.69) is 0 Å². The zero-order valence-electron chi connectivity index (χ0n) is 17.2. The third-order valence-corrected chi connectivity index (χ3v) is 6.84. The number of esters is 2. The van der Waals surface area contributed by atoms with E-state index in [1.165, 1.54) is 6.07 Å². The molecule has 0 radical (unpaired) electrons. The van der Waals surface area contributed by atoms with Crippen molar-refractivity contribution >= 4 is 17.6 Å². The second-order valence-electron chi connectivity index (χ2n) is 9.64. The molecular formula is C21H27NO6. The average Bonchev–Trinajstić information content (AvgIpc) is 2.88. The maximum atomic E-state index is 13.4. The molecule has 28 heavy (non-hydrogen) atoms. The number of carbonyl (C=O) groups excluding carboxylic acids is 2. The first-order chi connectivity index (χ1) is 12.8. The van der Waals surface area contributed by atoms with Crippen molar-refractivity contribution in [3.63, 3.8) is 0 Å². The first kappa shape index (κ1) is 20.3. The molecule has 2 bridgehead atoms. The Balaban J connectivity index is 2.02. The quantitative estimate of drug-likeness (QED) is 0.432. The molecule has 7 nitrogen and oxygen atoms in total. The highest BCUT2D eigenvalue weighted by Crippen LogP contribution is 2.66. The second kappa shape index (κ2) is 6.03. The van der Waals surface area contributed by atoms with Crippen molar-refractivity contribution in [1.29, 1.82) is 0 Å². The highest BCUT2D eigenvalue weighted by Gasteiger charge is 2.76. The van der Waals surface area contributed by atoms with Crippen molar-refractivity contribution in [3.05, 3.63) is 39.9 Å². The topological polar surface area (TPSA) is 95.7 Å². The predicted octanol–water partition coefficient (Wildman–Crippen LogP) is 4.35. The molecule has 1 aliphatic carbocycles. The summed E-state index contributed by atoms with van der Waals surface area (Å²) in [6.07, 6.45) is 0.0620. The van der Waals surface area contributed by atoms with Crippen molar-refractivity contribution in [2.24, 2.45) is 16.2 Å². The zero-order chi connectivity index (χ0) is 21.1. The smallest absolute Gasteiger partial charge is 0.351 e. The maximum absolute atomic E-state index is 13.4. The van der Waals surface area contributed by atoms with E-state index in [9.17, 15) is 19.7 Å². The van der Waals surface area contributed by atoms with Crippen molar-refractivity contribution in [2.75, 3.05) is 0 Å². The van der Waals surface area contributed by atoms with Crippen LogP contribution in [0.5, 0.6) is 0 Å². The highest BCUT2D eigenvalue weighted by molar-refractivity contribution is 5.93. The van der Waals surface area contributed by atoms with Gasteiger partial charge in [0.25, 0.3) is 5.69 Å². The van der Waals surface area contributed by atoms with Crippen LogP contribution in [0.25, 0.3) is 0 Å². The lowest BCUT2D eigenvalue weighted by Gasteiger charge is -2.38. The van der Waals surface area contributed by atoms with E-state index in [-0.39, 0.29) is 5.69 Å². The van der Waals surface area contributed by atoms with Crippen LogP contribution in [0.3, 0.4) is 0 Å². The Bertz CT molecular complexity index is 855. The van der Waals surface area contributed by atoms with Crippen LogP contribution in [-0.4, -0.2) is 22.5 Å². The summed E-state index contributed by atoms with van der Waals surface area (Å²) >= 11 is 0. The fourth-order valence-electron chi connectivity index (χ4n) is 4.49. The minimum Gasteiger partial charge on any atom is -0.454 e. The third-order valence-electron chi connectivity index (χ3n) is 6.84. The maximum Gasteiger partial charge on any atom is 0.351 e. The van der Waals surface area contributed by atoms with E-state index in [4.69, 9.17) is 9.47 Å². The van der Waals surface area contributed by atoms with Gasteiger partial charge in [0, 0.05) is 16.9 Å². The summed E-state index contributed by atoms with van der Waals surface area (Å²) in [5.41, 5.74) is -3.24. The number of benzene rings is 1. The molecular weight excluding hydrogens is 362 g/mol. The molecule has 2 fully saturated rings. The summed E-state index contributed by atoms with van der Waals surface area (Å²) in [5.74, 6) is -1.02. The van der Waals surface area contributed by atoms with E-state index in [0.717, 1.165) is 0 Å². The number of hydrogen-bond acceptors (Lipinski definition) is 6. The minimum atomic E-state index is -1.37. The number of carbonyl (C=O) groups is 2. The molecule has 1 saturated carbocycles. The van der Waals surface area contributed by atoms with Crippen LogP contribution >= 0.6 is 0 Å². The van der Waals surface area contributed by atoms with E-state index in [1.807, 2.05) is 41.5 Å². The van der Waals surface area contributed by atoms with Gasteiger partial charge in [-0.05, 0) is 25.8 Å². The van der Waals surface area contributed by atoms with Crippen molar-refractivity contribution in [2.45, 2.75) is 66.1 Å². The number of hydrogen-bond donors (Lipinski definition) is 0. The van der Waals surface area contributed by atoms with Crippen LogP contribution in [0.2, 0.25) is 0 Å². The molecule has 1 heterocycles. The lowest BCUT2D eigenvalue weighted by molar-refractivity contribution is -0.386. The molecule has 3 atom stereocenters. The number of para-hydroxylation sites is 1. The Hall–Kier alpha value is -2.44. The number of nitrogens with zero attached hydrogens (tertiary/aromatic N) is 1. The average molecular weight is 389 g/mol. The van der Waals surface area contributed by atoms with Crippen molar-refractivity contribution < 1.29 is 24.0 Å². The molecule has 0 amide bonds. The van der Waals surface area contributed by atoms with Crippen LogP contribution in [0.1, 0.15) is 66.1 Å². The molecule has 2 unspecified atom stereocenters. The SMILES string of the molecule is CC(C)(C)C(OC(=O)[C@@]12CCC(C)(C(=O)O1)C2(C)C)c1ccccc1[N+](=O)[O-]. The fourth-order valence-corrected chi connectivity index (χ4v) is 4.49. The number of nitro benzene ring substituents is 1. The van der Waals surface area contributed by atoms with E-state index < -0.39 is 44.8 Å². The summed E-state index contributed by atoms with van der Waals surface area (Å²) in [6, 6.07) is 6.25. The lowest BCUT2D eigenvalue weighted by atomic mass is 9.66. The Kier molecular flexibility index (Phi) is 4.37. The molecule has 3 rings (SSSR count). The number of fused-ring (bicyclic) bond motifs is 2. The Morgan fingerprint density at radius 3 is 2.29 bits per heavy atom. The summed E-state index contributed by atoms with van der Waals surface area (Å²) in [6.45, 7) is 11.1. The predicted molar refractivity (Wildman–Crippen MR) is 101 cm³/mol. The summed E-state index contributed by atoms with van der Waals surface area (Å²) in [7, 11) is 0. The van der Waals surface area contributed by atoms with E-state index >= 15 is 0 Å². The van der Waals surface area contributed by atoms with Gasteiger partial charge in [-0.25, -0.2) is 4.79 Å². The fraction of sp³-hybridized carbons (Fsp3) is 0.619. The first-order valence-electron chi connectivity index (χ1n) is 9.46. The van der Waals surface area contributed by atoms with Gasteiger partial charge in [0.15, 0.2) is 0 Å². The molecule has 1 aliphatic heterocycles. The van der Waals surface area contributed by atoms with E-state index in [1.54, 1.807) is 18.2 Å². The van der Waals surface area contributed by atoms with Gasteiger partial charge in [-0.2, -0.15) is 0 Å². The Morgan fingerprint density at radius 1 is 1.21 bits per heavy atom. The summed E-state index contributed by atoms with van der Waals surface area (Å²) in [4.78, 5) is 36.9. The monoisotopic (exact) mass is 389 g/mol. The lowest BCUT2D eigenvalue weighted by Crippen LogP contribution is -2.49. The second-order valence-corrected chi connectivity index (χ2v) is 9.64. The van der Waals surface area contributed by atoms with Gasteiger partial charge >= 0.3 is 11.9 Å². The van der Waals surface area contributed by atoms with E-state index in [0.29, 0.717) is 18.4 Å². The molecule has 1 aromatic carbocycles. The van der Waals surface area contributed by atoms with Gasteiger partial charge in [0.05, 0.1) is 15.9 Å². The van der Waals surface area contributed by atoms with Gasteiger partial charge in [-0.3, -0.25) is 14.9 Å².